The third-order valence-corrected chi connectivity index (χ3v) is 5.78. The predicted octanol–water partition coefficient (Wildman–Crippen LogP) is 3.91. The summed E-state index contributed by atoms with van der Waals surface area (Å²) in [4.78, 5) is 9.04. The molecule has 0 aliphatic heterocycles. The van der Waals surface area contributed by atoms with Crippen LogP contribution in [0.1, 0.15) is 57.8 Å². The topological polar surface area (TPSA) is 62.8 Å². The Morgan fingerprint density at radius 1 is 1.08 bits per heavy atom. The van der Waals surface area contributed by atoms with Crippen molar-refractivity contribution in [2.24, 2.45) is 21.6 Å². The van der Waals surface area contributed by atoms with Gasteiger partial charge in [0.15, 0.2) is 0 Å². The maximum absolute atomic E-state index is 6.06. The molecule has 0 radical (unpaired) electrons. The summed E-state index contributed by atoms with van der Waals surface area (Å²) in [6.07, 6.45) is 17.3. The highest BCUT2D eigenvalue weighted by Gasteiger charge is 2.26. The van der Waals surface area contributed by atoms with E-state index in [9.17, 15) is 0 Å². The highest BCUT2D eigenvalue weighted by molar-refractivity contribution is 6.53. The molecule has 0 aromatic rings. The Balaban J connectivity index is 1.84. The van der Waals surface area contributed by atoms with E-state index >= 15 is 0 Å². The number of nitrogens with one attached hydrogen (secondary N) is 1. The molecule has 3 aliphatic rings. The zero-order valence-electron chi connectivity index (χ0n) is 15.5. The Hall–Kier alpha value is -1.68. The fourth-order valence-electron chi connectivity index (χ4n) is 4.30. The molecule has 0 amide bonds. The molecule has 0 aromatic carbocycles. The van der Waals surface area contributed by atoms with Gasteiger partial charge in [-0.05, 0) is 62.2 Å². The fraction of sp³-hybridized carbons (Fsp3) is 0.619. The van der Waals surface area contributed by atoms with Gasteiger partial charge < -0.3 is 11.1 Å². The van der Waals surface area contributed by atoms with E-state index in [4.69, 9.17) is 5.73 Å². The van der Waals surface area contributed by atoms with Crippen LogP contribution in [0.3, 0.4) is 0 Å². The van der Waals surface area contributed by atoms with E-state index < -0.39 is 0 Å². The largest absolute Gasteiger partial charge is 0.380 e. The zero-order chi connectivity index (χ0) is 17.6. The van der Waals surface area contributed by atoms with Crippen LogP contribution in [-0.4, -0.2) is 30.6 Å². The molecule has 3 rings (SSSR count). The summed E-state index contributed by atoms with van der Waals surface area (Å²) < 4.78 is 0. The summed E-state index contributed by atoms with van der Waals surface area (Å²) in [6, 6.07) is 0.843. The molecule has 0 atom stereocenters. The van der Waals surface area contributed by atoms with E-state index in [0.717, 1.165) is 42.8 Å². The second-order valence-electron chi connectivity index (χ2n) is 7.56. The molecule has 0 saturated heterocycles. The van der Waals surface area contributed by atoms with Crippen LogP contribution < -0.4 is 11.1 Å². The number of rotatable bonds is 4. The van der Waals surface area contributed by atoms with Crippen LogP contribution >= 0.6 is 0 Å². The van der Waals surface area contributed by atoms with Crippen molar-refractivity contribution in [3.63, 3.8) is 0 Å². The Kier molecular flexibility index (Phi) is 6.24. The van der Waals surface area contributed by atoms with E-state index in [-0.39, 0.29) is 0 Å². The molecular formula is C21H32N4. The first-order chi connectivity index (χ1) is 12.2. The summed E-state index contributed by atoms with van der Waals surface area (Å²) in [7, 11) is 1.85. The Bertz CT molecular complexity index is 597. The molecule has 2 saturated carbocycles. The molecule has 0 heterocycles. The first-order valence-corrected chi connectivity index (χ1v) is 9.83. The Morgan fingerprint density at radius 3 is 2.44 bits per heavy atom. The highest BCUT2D eigenvalue weighted by atomic mass is 15.0. The summed E-state index contributed by atoms with van der Waals surface area (Å²) >= 11 is 0. The van der Waals surface area contributed by atoms with Crippen molar-refractivity contribution in [1.82, 2.24) is 5.32 Å². The average molecular weight is 341 g/mol. The molecule has 4 nitrogen and oxygen atoms in total. The standard InChI is InChI=1S/C21H32N4/c1-3-24-21-19(23-2)13-16(15-7-5-4-6-8-15)14-20(21)25-18-11-9-17(22)10-12-18/h3,13-15,17-18,25H,1,4-12,22H2,2H3/b23-19-,24-21+/t17-,18-. The van der Waals surface area contributed by atoms with Crippen molar-refractivity contribution >= 4 is 11.4 Å². The van der Waals surface area contributed by atoms with Crippen LogP contribution in [0.2, 0.25) is 0 Å². The van der Waals surface area contributed by atoms with Crippen molar-refractivity contribution in [2.75, 3.05) is 7.05 Å². The van der Waals surface area contributed by atoms with E-state index in [1.807, 2.05) is 7.05 Å². The molecule has 3 aliphatic carbocycles. The van der Waals surface area contributed by atoms with Crippen molar-refractivity contribution in [2.45, 2.75) is 69.9 Å². The summed E-state index contributed by atoms with van der Waals surface area (Å²) in [5.74, 6) is 0.660. The first kappa shape index (κ1) is 18.1. The second kappa shape index (κ2) is 8.61. The van der Waals surface area contributed by atoms with E-state index in [0.29, 0.717) is 18.0 Å². The molecule has 0 spiro atoms. The maximum atomic E-state index is 6.06. The van der Waals surface area contributed by atoms with Crippen LogP contribution in [0.5, 0.6) is 0 Å². The Labute approximate surface area is 152 Å². The van der Waals surface area contributed by atoms with E-state index in [2.05, 4.69) is 34.0 Å². The molecule has 0 unspecified atom stereocenters. The molecular weight excluding hydrogens is 308 g/mol. The molecule has 3 N–H and O–H groups in total. The van der Waals surface area contributed by atoms with Gasteiger partial charge in [-0.1, -0.05) is 25.8 Å². The Morgan fingerprint density at radius 2 is 1.80 bits per heavy atom. The third-order valence-electron chi connectivity index (χ3n) is 5.78. The monoisotopic (exact) mass is 340 g/mol. The third kappa shape index (κ3) is 4.49. The maximum Gasteiger partial charge on any atom is 0.111 e. The van der Waals surface area contributed by atoms with Gasteiger partial charge in [0.2, 0.25) is 0 Å². The number of aliphatic imine (C=N–C) groups is 2. The second-order valence-corrected chi connectivity index (χ2v) is 7.56. The minimum Gasteiger partial charge on any atom is -0.380 e. The average Bonchev–Trinajstić information content (AvgIpc) is 2.65. The van der Waals surface area contributed by atoms with Gasteiger partial charge in [-0.2, -0.15) is 0 Å². The number of hydrogen-bond donors (Lipinski definition) is 2. The molecule has 2 fully saturated rings. The van der Waals surface area contributed by atoms with Gasteiger partial charge in [-0.15, -0.1) is 0 Å². The van der Waals surface area contributed by atoms with E-state index in [1.54, 1.807) is 6.20 Å². The van der Waals surface area contributed by atoms with Gasteiger partial charge in [0.25, 0.3) is 0 Å². The van der Waals surface area contributed by atoms with Gasteiger partial charge in [0.1, 0.15) is 5.71 Å². The van der Waals surface area contributed by atoms with Crippen LogP contribution in [0.15, 0.2) is 46.2 Å². The van der Waals surface area contributed by atoms with Crippen LogP contribution in [-0.2, 0) is 0 Å². The smallest absolute Gasteiger partial charge is 0.111 e. The van der Waals surface area contributed by atoms with Crippen molar-refractivity contribution < 1.29 is 0 Å². The first-order valence-electron chi connectivity index (χ1n) is 9.83. The zero-order valence-corrected chi connectivity index (χ0v) is 15.5. The van der Waals surface area contributed by atoms with E-state index in [1.165, 1.54) is 37.7 Å². The quantitative estimate of drug-likeness (QED) is 0.762. The van der Waals surface area contributed by atoms with Crippen molar-refractivity contribution in [1.29, 1.82) is 0 Å². The SMILES string of the molecule is C=C/N=C1/C(N[C@H]2CC[C@H](N)CC2)=CC(C2CCCCC2)=C/C1=N/C. The van der Waals surface area contributed by atoms with Gasteiger partial charge in [0, 0.05) is 25.3 Å². The lowest BCUT2D eigenvalue weighted by Gasteiger charge is -2.31. The fourth-order valence-corrected chi connectivity index (χ4v) is 4.30. The minimum absolute atomic E-state index is 0.366. The summed E-state index contributed by atoms with van der Waals surface area (Å²) in [5.41, 5.74) is 10.5. The van der Waals surface area contributed by atoms with Gasteiger partial charge in [-0.3, -0.25) is 9.98 Å². The summed E-state index contributed by atoms with van der Waals surface area (Å²) in [5, 5.41) is 3.75. The van der Waals surface area contributed by atoms with Crippen LogP contribution in [0, 0.1) is 5.92 Å². The molecule has 25 heavy (non-hydrogen) atoms. The number of allylic oxidation sites excluding steroid dienone is 4. The van der Waals surface area contributed by atoms with Crippen molar-refractivity contribution in [3.05, 3.63) is 36.2 Å². The molecule has 4 heteroatoms. The van der Waals surface area contributed by atoms with Crippen molar-refractivity contribution in [3.8, 4) is 0 Å². The predicted molar refractivity (Wildman–Crippen MR) is 107 cm³/mol. The van der Waals surface area contributed by atoms with Gasteiger partial charge in [-0.25, -0.2) is 0 Å². The lowest BCUT2D eigenvalue weighted by Crippen LogP contribution is -2.40. The highest BCUT2D eigenvalue weighted by Crippen LogP contribution is 2.33. The van der Waals surface area contributed by atoms with Gasteiger partial charge in [0.05, 0.1) is 11.4 Å². The lowest BCUT2D eigenvalue weighted by atomic mass is 9.80. The number of hydrogen-bond acceptors (Lipinski definition) is 4. The number of nitrogens with two attached hydrogens (primary N) is 1. The molecule has 136 valence electrons. The summed E-state index contributed by atoms with van der Waals surface area (Å²) in [6.45, 7) is 3.79. The number of nitrogens with zero attached hydrogens (tertiary/aromatic N) is 2. The molecule has 0 aromatic heterocycles. The molecule has 0 bridgehead atoms. The lowest BCUT2D eigenvalue weighted by molar-refractivity contribution is 0.363. The van der Waals surface area contributed by atoms with Gasteiger partial charge >= 0.3 is 0 Å². The minimum atomic E-state index is 0.366. The normalized spacial score (nSPS) is 31.6. The van der Waals surface area contributed by atoms with Crippen LogP contribution in [0.4, 0.5) is 0 Å². The van der Waals surface area contributed by atoms with Crippen LogP contribution in [0.25, 0.3) is 0 Å².